The fourth-order valence-electron chi connectivity index (χ4n) is 1.88. The highest BCUT2D eigenvalue weighted by molar-refractivity contribution is 5.77. The summed E-state index contributed by atoms with van der Waals surface area (Å²) in [6.07, 6.45) is 8.91. The molecule has 0 aromatic heterocycles. The van der Waals surface area contributed by atoms with Crippen LogP contribution in [0.5, 0.6) is 0 Å². The Hall–Kier alpha value is -1.83. The molecule has 1 aromatic carbocycles. The van der Waals surface area contributed by atoms with Gasteiger partial charge in [-0.05, 0) is 23.8 Å². The molecule has 2 aliphatic heterocycles. The lowest BCUT2D eigenvalue weighted by molar-refractivity contribution is 1.02. The molecule has 0 atom stereocenters. The molecule has 14 heavy (non-hydrogen) atoms. The van der Waals surface area contributed by atoms with Gasteiger partial charge >= 0.3 is 0 Å². The van der Waals surface area contributed by atoms with E-state index in [-0.39, 0.29) is 0 Å². The molecule has 2 heteroatoms. The first kappa shape index (κ1) is 7.56. The number of allylic oxidation sites excluding steroid dienone is 4. The van der Waals surface area contributed by atoms with Gasteiger partial charge in [-0.3, -0.25) is 0 Å². The predicted octanol–water partition coefficient (Wildman–Crippen LogP) is 2.49. The monoisotopic (exact) mass is 182 g/mol. The van der Waals surface area contributed by atoms with Crippen LogP contribution in [0.4, 0.5) is 5.69 Å². The summed E-state index contributed by atoms with van der Waals surface area (Å²) in [5.41, 5.74) is 3.81. The predicted molar refractivity (Wildman–Crippen MR) is 58.3 cm³/mol. The molecule has 1 aromatic rings. The van der Waals surface area contributed by atoms with Crippen molar-refractivity contribution < 1.29 is 0 Å². The first-order valence-electron chi connectivity index (χ1n) is 4.73. The van der Waals surface area contributed by atoms with Gasteiger partial charge in [0.2, 0.25) is 0 Å². The lowest BCUT2D eigenvalue weighted by Gasteiger charge is -2.12. The summed E-state index contributed by atoms with van der Waals surface area (Å²) in [4.78, 5) is 0. The quantitative estimate of drug-likeness (QED) is 0.602. The summed E-state index contributed by atoms with van der Waals surface area (Å²) >= 11 is 0. The third-order valence-corrected chi connectivity index (χ3v) is 2.53. The molecule has 0 spiro atoms. The van der Waals surface area contributed by atoms with E-state index in [1.807, 2.05) is 23.4 Å². The van der Waals surface area contributed by atoms with Crippen molar-refractivity contribution in [2.24, 2.45) is 5.10 Å². The Bertz CT molecular complexity index is 455. The molecule has 0 radical (unpaired) electrons. The molecule has 0 amide bonds. The van der Waals surface area contributed by atoms with Crippen LogP contribution >= 0.6 is 0 Å². The van der Waals surface area contributed by atoms with E-state index in [9.17, 15) is 0 Å². The summed E-state index contributed by atoms with van der Waals surface area (Å²) in [5, 5.41) is 6.39. The van der Waals surface area contributed by atoms with Gasteiger partial charge in [0, 0.05) is 18.3 Å². The fourth-order valence-corrected chi connectivity index (χ4v) is 1.88. The fraction of sp³-hybridized carbons (Fsp3) is 0.0833. The van der Waals surface area contributed by atoms with Crippen LogP contribution in [0.2, 0.25) is 0 Å². The van der Waals surface area contributed by atoms with E-state index in [2.05, 4.69) is 35.4 Å². The molecule has 0 N–H and O–H groups in total. The molecule has 0 saturated heterocycles. The Morgan fingerprint density at radius 3 is 3.07 bits per heavy atom. The van der Waals surface area contributed by atoms with Gasteiger partial charge in [0.25, 0.3) is 0 Å². The number of rotatable bonds is 0. The minimum atomic E-state index is 0.984. The lowest BCUT2D eigenvalue weighted by atomic mass is 10.1. The van der Waals surface area contributed by atoms with Gasteiger partial charge in [0.15, 0.2) is 0 Å². The van der Waals surface area contributed by atoms with Crippen molar-refractivity contribution in [2.75, 3.05) is 5.01 Å². The van der Waals surface area contributed by atoms with E-state index in [0.717, 1.165) is 6.42 Å². The molecule has 2 aliphatic rings. The minimum absolute atomic E-state index is 0.984. The van der Waals surface area contributed by atoms with Crippen LogP contribution in [0, 0.1) is 0 Å². The molecule has 0 saturated carbocycles. The largest absolute Gasteiger partial charge is 0.237 e. The maximum atomic E-state index is 4.38. The average Bonchev–Trinajstić information content (AvgIpc) is 2.42. The second kappa shape index (κ2) is 2.84. The van der Waals surface area contributed by atoms with E-state index in [1.165, 1.54) is 16.9 Å². The van der Waals surface area contributed by atoms with Crippen LogP contribution in [-0.4, -0.2) is 6.21 Å². The zero-order valence-corrected chi connectivity index (χ0v) is 7.72. The smallest absolute Gasteiger partial charge is 0.0684 e. The number of hydrogen-bond donors (Lipinski definition) is 0. The molecule has 0 aliphatic carbocycles. The summed E-state index contributed by atoms with van der Waals surface area (Å²) in [6, 6.07) is 8.39. The van der Waals surface area contributed by atoms with E-state index in [0.29, 0.717) is 0 Å². The maximum Gasteiger partial charge on any atom is 0.0684 e. The minimum Gasteiger partial charge on any atom is -0.237 e. The molecule has 2 nitrogen and oxygen atoms in total. The van der Waals surface area contributed by atoms with Crippen molar-refractivity contribution in [2.45, 2.75) is 6.42 Å². The Kier molecular flexibility index (Phi) is 1.53. The van der Waals surface area contributed by atoms with E-state index in [1.54, 1.807) is 0 Å². The van der Waals surface area contributed by atoms with Crippen LogP contribution in [-0.2, 0) is 6.42 Å². The van der Waals surface area contributed by atoms with Gasteiger partial charge in [0.1, 0.15) is 0 Å². The highest BCUT2D eigenvalue weighted by Crippen LogP contribution is 2.34. The lowest BCUT2D eigenvalue weighted by Crippen LogP contribution is -2.09. The van der Waals surface area contributed by atoms with Gasteiger partial charge in [-0.25, -0.2) is 5.01 Å². The van der Waals surface area contributed by atoms with Crippen molar-refractivity contribution >= 4 is 11.9 Å². The van der Waals surface area contributed by atoms with Crippen LogP contribution in [0.1, 0.15) is 5.56 Å². The number of fused-ring (bicyclic) bond motifs is 3. The van der Waals surface area contributed by atoms with Crippen LogP contribution in [0.25, 0.3) is 0 Å². The van der Waals surface area contributed by atoms with Crippen LogP contribution < -0.4 is 5.01 Å². The molecular formula is C12H10N2. The van der Waals surface area contributed by atoms with Crippen molar-refractivity contribution in [1.82, 2.24) is 0 Å². The Morgan fingerprint density at radius 1 is 1.14 bits per heavy atom. The Morgan fingerprint density at radius 2 is 2.07 bits per heavy atom. The number of para-hydroxylation sites is 1. The SMILES string of the molecule is C1=CC=C2Cc3ccccc3N2N=C1. The van der Waals surface area contributed by atoms with Gasteiger partial charge in [-0.1, -0.05) is 24.3 Å². The Labute approximate surface area is 82.9 Å². The van der Waals surface area contributed by atoms with Crippen molar-refractivity contribution in [3.05, 3.63) is 53.8 Å². The summed E-state index contributed by atoms with van der Waals surface area (Å²) in [6.45, 7) is 0. The maximum absolute atomic E-state index is 4.38. The van der Waals surface area contributed by atoms with Crippen molar-refractivity contribution in [1.29, 1.82) is 0 Å². The summed E-state index contributed by atoms with van der Waals surface area (Å²) in [5.74, 6) is 0. The second-order valence-corrected chi connectivity index (χ2v) is 3.42. The molecular weight excluding hydrogens is 172 g/mol. The zero-order valence-electron chi connectivity index (χ0n) is 7.72. The molecule has 0 bridgehead atoms. The number of hydrogen-bond acceptors (Lipinski definition) is 2. The van der Waals surface area contributed by atoms with Crippen molar-refractivity contribution in [3.63, 3.8) is 0 Å². The molecule has 2 heterocycles. The van der Waals surface area contributed by atoms with Crippen LogP contribution in [0.15, 0.2) is 53.3 Å². The van der Waals surface area contributed by atoms with Crippen LogP contribution in [0.3, 0.4) is 0 Å². The molecule has 3 rings (SSSR count). The third-order valence-electron chi connectivity index (χ3n) is 2.53. The molecule has 0 fully saturated rings. The van der Waals surface area contributed by atoms with E-state index < -0.39 is 0 Å². The second-order valence-electron chi connectivity index (χ2n) is 3.42. The molecule has 0 unspecified atom stereocenters. The highest BCUT2D eigenvalue weighted by atomic mass is 15.5. The normalized spacial score (nSPS) is 17.4. The van der Waals surface area contributed by atoms with E-state index in [4.69, 9.17) is 0 Å². The first-order valence-corrected chi connectivity index (χ1v) is 4.73. The van der Waals surface area contributed by atoms with Gasteiger partial charge in [-0.2, -0.15) is 5.10 Å². The van der Waals surface area contributed by atoms with Crippen molar-refractivity contribution in [3.8, 4) is 0 Å². The summed E-state index contributed by atoms with van der Waals surface area (Å²) < 4.78 is 0. The zero-order chi connectivity index (χ0) is 9.38. The number of nitrogens with zero attached hydrogens (tertiary/aromatic N) is 2. The molecule has 68 valence electrons. The van der Waals surface area contributed by atoms with E-state index >= 15 is 0 Å². The van der Waals surface area contributed by atoms with Gasteiger partial charge < -0.3 is 0 Å². The highest BCUT2D eigenvalue weighted by Gasteiger charge is 2.22. The topological polar surface area (TPSA) is 15.6 Å². The third kappa shape index (κ3) is 1.01. The number of anilines is 1. The van der Waals surface area contributed by atoms with Gasteiger partial charge in [-0.15, -0.1) is 0 Å². The van der Waals surface area contributed by atoms with Gasteiger partial charge in [0.05, 0.1) is 5.69 Å². The Balaban J connectivity index is 2.16. The average molecular weight is 182 g/mol. The summed E-state index contributed by atoms with van der Waals surface area (Å²) in [7, 11) is 0. The first-order chi connectivity index (χ1) is 6.95. The number of benzene rings is 1. The standard InChI is InChI=1S/C12H10N2/c1-2-7-12-10(5-1)9-11-6-3-4-8-13-14(11)12/h1-8H,9H2. The number of hydrazone groups is 1.